The van der Waals surface area contributed by atoms with E-state index in [-0.39, 0.29) is 18.4 Å². The van der Waals surface area contributed by atoms with E-state index in [0.717, 1.165) is 4.47 Å². The molecule has 1 heterocycles. The maximum atomic E-state index is 12.8. The van der Waals surface area contributed by atoms with E-state index in [1.165, 1.54) is 0 Å². The Kier molecular flexibility index (Phi) is 5.37. The zero-order valence-corrected chi connectivity index (χ0v) is 16.9. The minimum absolute atomic E-state index is 0.0221. The van der Waals surface area contributed by atoms with Gasteiger partial charge in [-0.3, -0.25) is 9.59 Å². The number of hydrogen-bond acceptors (Lipinski definition) is 3. The van der Waals surface area contributed by atoms with Gasteiger partial charge < -0.3 is 15.0 Å². The van der Waals surface area contributed by atoms with Crippen molar-refractivity contribution >= 4 is 39.1 Å². The van der Waals surface area contributed by atoms with Gasteiger partial charge in [-0.15, -0.1) is 6.58 Å². The van der Waals surface area contributed by atoms with Crippen LogP contribution in [0.5, 0.6) is 5.75 Å². The number of amides is 2. The number of fused-ring (bicyclic) bond motifs is 1. The Labute approximate surface area is 167 Å². The molecule has 1 aliphatic heterocycles. The molecule has 0 saturated carbocycles. The van der Waals surface area contributed by atoms with Crippen molar-refractivity contribution in [3.8, 4) is 5.75 Å². The van der Waals surface area contributed by atoms with Crippen LogP contribution < -0.4 is 15.0 Å². The van der Waals surface area contributed by atoms with Gasteiger partial charge in [0.1, 0.15) is 12.4 Å². The van der Waals surface area contributed by atoms with Crippen LogP contribution in [0.2, 0.25) is 0 Å². The summed E-state index contributed by atoms with van der Waals surface area (Å²) in [5.41, 5.74) is 1.16. The Morgan fingerprint density at radius 2 is 2.07 bits per heavy atom. The molecule has 1 N–H and O–H groups in total. The van der Waals surface area contributed by atoms with Gasteiger partial charge in [0.05, 0.1) is 16.7 Å². The largest absolute Gasteiger partial charge is 0.490 e. The number of carbonyl (C=O) groups is 2. The molecule has 0 bridgehead atoms. The Morgan fingerprint density at radius 1 is 1.33 bits per heavy atom. The van der Waals surface area contributed by atoms with Crippen LogP contribution in [0.4, 0.5) is 11.4 Å². The van der Waals surface area contributed by atoms with Crippen LogP contribution in [-0.4, -0.2) is 25.0 Å². The maximum Gasteiger partial charge on any atom is 0.256 e. The van der Waals surface area contributed by atoms with Crippen LogP contribution in [0.25, 0.3) is 0 Å². The summed E-state index contributed by atoms with van der Waals surface area (Å²) >= 11 is 3.39. The first-order valence-corrected chi connectivity index (χ1v) is 9.38. The molecule has 0 fully saturated rings. The molecular formula is C21H21BrN2O3. The third-order valence-electron chi connectivity index (χ3n) is 4.35. The van der Waals surface area contributed by atoms with Crippen molar-refractivity contribution in [1.29, 1.82) is 0 Å². The fraction of sp³-hybridized carbons (Fsp3) is 0.238. The second-order valence-electron chi connectivity index (χ2n) is 6.99. The Morgan fingerprint density at radius 3 is 2.78 bits per heavy atom. The summed E-state index contributed by atoms with van der Waals surface area (Å²) in [6.07, 6.45) is 1.69. The molecule has 0 atom stereocenters. The van der Waals surface area contributed by atoms with Gasteiger partial charge in [0, 0.05) is 22.8 Å². The molecule has 6 heteroatoms. The highest BCUT2D eigenvalue weighted by Crippen LogP contribution is 2.38. The van der Waals surface area contributed by atoms with Gasteiger partial charge in [0.2, 0.25) is 5.91 Å². The Hall–Kier alpha value is -2.60. The van der Waals surface area contributed by atoms with E-state index in [1.54, 1.807) is 41.3 Å². The molecular weight excluding hydrogens is 408 g/mol. The smallest absolute Gasteiger partial charge is 0.256 e. The number of ether oxygens (including phenoxy) is 1. The van der Waals surface area contributed by atoms with Crippen molar-refractivity contribution in [1.82, 2.24) is 0 Å². The van der Waals surface area contributed by atoms with E-state index in [1.807, 2.05) is 26.0 Å². The van der Waals surface area contributed by atoms with Gasteiger partial charge in [-0.25, -0.2) is 0 Å². The third kappa shape index (κ3) is 3.90. The first-order chi connectivity index (χ1) is 12.8. The van der Waals surface area contributed by atoms with Gasteiger partial charge in [-0.2, -0.15) is 0 Å². The summed E-state index contributed by atoms with van der Waals surface area (Å²) in [5.74, 6) is 0.308. The number of carbonyl (C=O) groups excluding carboxylic acids is 2. The first kappa shape index (κ1) is 19.2. The van der Waals surface area contributed by atoms with Gasteiger partial charge in [-0.1, -0.05) is 18.2 Å². The molecule has 0 spiro atoms. The molecule has 2 aromatic rings. The Bertz CT molecular complexity index is 908. The summed E-state index contributed by atoms with van der Waals surface area (Å²) < 4.78 is 6.63. The molecule has 3 rings (SSSR count). The van der Waals surface area contributed by atoms with E-state index < -0.39 is 5.41 Å². The van der Waals surface area contributed by atoms with Crippen molar-refractivity contribution < 1.29 is 14.3 Å². The van der Waals surface area contributed by atoms with Crippen LogP contribution in [0.15, 0.2) is 59.6 Å². The lowest BCUT2D eigenvalue weighted by Crippen LogP contribution is -2.42. The highest BCUT2D eigenvalue weighted by Gasteiger charge is 2.37. The van der Waals surface area contributed by atoms with E-state index in [2.05, 4.69) is 27.8 Å². The van der Waals surface area contributed by atoms with Crippen LogP contribution in [0, 0.1) is 5.41 Å². The number of nitrogens with one attached hydrogen (secondary N) is 1. The number of hydrogen-bond donors (Lipinski definition) is 1. The Balaban J connectivity index is 1.91. The number of nitrogens with zero attached hydrogens (tertiary/aromatic N) is 1. The lowest BCUT2D eigenvalue weighted by Gasteiger charge is -2.27. The molecule has 0 unspecified atom stereocenters. The molecule has 140 valence electrons. The van der Waals surface area contributed by atoms with Crippen molar-refractivity contribution in [3.63, 3.8) is 0 Å². The molecule has 0 radical (unpaired) electrons. The fourth-order valence-electron chi connectivity index (χ4n) is 2.88. The summed E-state index contributed by atoms with van der Waals surface area (Å²) in [5, 5.41) is 2.88. The summed E-state index contributed by atoms with van der Waals surface area (Å²) in [7, 11) is 0. The summed E-state index contributed by atoms with van der Waals surface area (Å²) in [4.78, 5) is 27.0. The number of benzene rings is 2. The number of anilines is 2. The molecule has 0 saturated heterocycles. The average Bonchev–Trinajstić information content (AvgIpc) is 2.72. The first-order valence-electron chi connectivity index (χ1n) is 8.59. The predicted molar refractivity (Wildman–Crippen MR) is 110 cm³/mol. The monoisotopic (exact) mass is 428 g/mol. The van der Waals surface area contributed by atoms with Crippen LogP contribution in [0.3, 0.4) is 0 Å². The van der Waals surface area contributed by atoms with Gasteiger partial charge in [0.25, 0.3) is 5.91 Å². The molecule has 5 nitrogen and oxygen atoms in total. The molecule has 27 heavy (non-hydrogen) atoms. The lowest BCUT2D eigenvalue weighted by atomic mass is 9.93. The van der Waals surface area contributed by atoms with Crippen LogP contribution in [0.1, 0.15) is 24.2 Å². The zero-order chi connectivity index (χ0) is 19.6. The van der Waals surface area contributed by atoms with Crippen molar-refractivity contribution in [2.75, 3.05) is 23.4 Å². The minimum Gasteiger partial charge on any atom is -0.490 e. The predicted octanol–water partition coefficient (Wildman–Crippen LogP) is 4.64. The molecule has 2 aromatic carbocycles. The highest BCUT2D eigenvalue weighted by molar-refractivity contribution is 9.10. The summed E-state index contributed by atoms with van der Waals surface area (Å²) in [6.45, 7) is 8.10. The van der Waals surface area contributed by atoms with Crippen LogP contribution in [-0.2, 0) is 4.79 Å². The van der Waals surface area contributed by atoms with Crippen LogP contribution >= 0.6 is 15.9 Å². The van der Waals surface area contributed by atoms with Gasteiger partial charge >= 0.3 is 0 Å². The average molecular weight is 429 g/mol. The van der Waals surface area contributed by atoms with Gasteiger partial charge in [-0.05, 0) is 54.0 Å². The molecule has 1 aliphatic rings. The number of rotatable bonds is 4. The molecule has 0 aromatic heterocycles. The van der Waals surface area contributed by atoms with E-state index >= 15 is 0 Å². The van der Waals surface area contributed by atoms with Crippen molar-refractivity contribution in [2.45, 2.75) is 13.8 Å². The SMILES string of the molecule is C=CCN1C(=O)C(C)(C)COc2cc(NC(=O)c3ccccc3Br)ccc21. The van der Waals surface area contributed by atoms with Crippen molar-refractivity contribution in [3.05, 3.63) is 65.2 Å². The third-order valence-corrected chi connectivity index (χ3v) is 5.04. The highest BCUT2D eigenvalue weighted by atomic mass is 79.9. The zero-order valence-electron chi connectivity index (χ0n) is 15.3. The normalized spacial score (nSPS) is 15.4. The van der Waals surface area contributed by atoms with Gasteiger partial charge in [0.15, 0.2) is 0 Å². The quantitative estimate of drug-likeness (QED) is 0.721. The van der Waals surface area contributed by atoms with E-state index in [9.17, 15) is 9.59 Å². The standard InChI is InChI=1S/C21H21BrN2O3/c1-4-11-24-17-10-9-14(12-18(17)27-13-21(2,3)20(24)26)23-19(25)15-7-5-6-8-16(15)22/h4-10,12H,1,11,13H2,2-3H3,(H,23,25). The second-order valence-corrected chi connectivity index (χ2v) is 7.85. The number of halogens is 1. The summed E-state index contributed by atoms with van der Waals surface area (Å²) in [6, 6.07) is 12.5. The molecule has 2 amide bonds. The van der Waals surface area contributed by atoms with E-state index in [0.29, 0.717) is 29.2 Å². The topological polar surface area (TPSA) is 58.6 Å². The second kappa shape index (κ2) is 7.56. The van der Waals surface area contributed by atoms with E-state index in [4.69, 9.17) is 4.74 Å². The van der Waals surface area contributed by atoms with Crippen molar-refractivity contribution in [2.24, 2.45) is 5.41 Å². The molecule has 0 aliphatic carbocycles. The maximum absolute atomic E-state index is 12.8. The lowest BCUT2D eigenvalue weighted by molar-refractivity contribution is -0.127. The minimum atomic E-state index is -0.652. The fourth-order valence-corrected chi connectivity index (χ4v) is 3.34.